The molecule has 1 unspecified atom stereocenters. The van der Waals surface area contributed by atoms with Crippen molar-refractivity contribution in [2.24, 2.45) is 0 Å². The fourth-order valence-corrected chi connectivity index (χ4v) is 1.52. The predicted molar refractivity (Wildman–Crippen MR) is 57.2 cm³/mol. The standard InChI is InChI=1S/C10H20N4/c1-4-6-14-10(12-8-13-14)7-9(5-2)11-3/h8-9,11H,4-7H2,1-3H3. The zero-order valence-corrected chi connectivity index (χ0v) is 9.32. The van der Waals surface area contributed by atoms with Crippen molar-refractivity contribution < 1.29 is 0 Å². The maximum atomic E-state index is 4.28. The molecular weight excluding hydrogens is 176 g/mol. The van der Waals surface area contributed by atoms with Gasteiger partial charge in [-0.05, 0) is 19.9 Å². The van der Waals surface area contributed by atoms with Gasteiger partial charge in [0.05, 0.1) is 0 Å². The smallest absolute Gasteiger partial charge is 0.138 e. The fraction of sp³-hybridized carbons (Fsp3) is 0.800. The maximum absolute atomic E-state index is 4.28. The van der Waals surface area contributed by atoms with Crippen LogP contribution in [-0.4, -0.2) is 27.9 Å². The maximum Gasteiger partial charge on any atom is 0.138 e. The molecule has 0 amide bonds. The van der Waals surface area contributed by atoms with Gasteiger partial charge in [0.25, 0.3) is 0 Å². The predicted octanol–water partition coefficient (Wildman–Crippen LogP) is 1.23. The Morgan fingerprint density at radius 3 is 2.86 bits per heavy atom. The zero-order chi connectivity index (χ0) is 10.4. The van der Waals surface area contributed by atoms with Crippen molar-refractivity contribution in [1.29, 1.82) is 0 Å². The van der Waals surface area contributed by atoms with Crippen molar-refractivity contribution in [3.8, 4) is 0 Å². The van der Waals surface area contributed by atoms with E-state index in [4.69, 9.17) is 0 Å². The number of hydrogen-bond acceptors (Lipinski definition) is 3. The lowest BCUT2D eigenvalue weighted by atomic mass is 10.1. The lowest BCUT2D eigenvalue weighted by Gasteiger charge is -2.13. The van der Waals surface area contributed by atoms with Gasteiger partial charge in [0.2, 0.25) is 0 Å². The second-order valence-electron chi connectivity index (χ2n) is 3.50. The van der Waals surface area contributed by atoms with Crippen LogP contribution in [0, 0.1) is 0 Å². The van der Waals surface area contributed by atoms with E-state index in [0.29, 0.717) is 6.04 Å². The van der Waals surface area contributed by atoms with E-state index in [2.05, 4.69) is 29.2 Å². The Balaban J connectivity index is 2.60. The molecule has 1 atom stereocenters. The number of nitrogens with one attached hydrogen (secondary N) is 1. The highest BCUT2D eigenvalue weighted by molar-refractivity contribution is 4.89. The average molecular weight is 196 g/mol. The van der Waals surface area contributed by atoms with Gasteiger partial charge >= 0.3 is 0 Å². The summed E-state index contributed by atoms with van der Waals surface area (Å²) in [5.74, 6) is 1.09. The summed E-state index contributed by atoms with van der Waals surface area (Å²) in [5, 5.41) is 7.48. The van der Waals surface area contributed by atoms with Crippen LogP contribution >= 0.6 is 0 Å². The van der Waals surface area contributed by atoms with Gasteiger partial charge in [-0.3, -0.25) is 4.68 Å². The van der Waals surface area contributed by atoms with Crippen LogP contribution in [0.15, 0.2) is 6.33 Å². The van der Waals surface area contributed by atoms with E-state index in [9.17, 15) is 0 Å². The molecule has 80 valence electrons. The SMILES string of the molecule is CCCn1ncnc1CC(CC)NC. The topological polar surface area (TPSA) is 42.7 Å². The average Bonchev–Trinajstić information content (AvgIpc) is 2.62. The Morgan fingerprint density at radius 1 is 1.50 bits per heavy atom. The van der Waals surface area contributed by atoms with Crippen LogP contribution in [0.5, 0.6) is 0 Å². The molecule has 14 heavy (non-hydrogen) atoms. The number of likely N-dealkylation sites (N-methyl/N-ethyl adjacent to an activating group) is 1. The van der Waals surface area contributed by atoms with E-state index in [1.54, 1.807) is 6.33 Å². The molecule has 0 saturated heterocycles. The third kappa shape index (κ3) is 2.80. The summed E-state index contributed by atoms with van der Waals surface area (Å²) < 4.78 is 2.00. The van der Waals surface area contributed by atoms with Crippen molar-refractivity contribution in [3.05, 3.63) is 12.2 Å². The van der Waals surface area contributed by atoms with Crippen LogP contribution in [0.25, 0.3) is 0 Å². The highest BCUT2D eigenvalue weighted by Crippen LogP contribution is 2.02. The molecule has 0 fully saturated rings. The number of hydrogen-bond donors (Lipinski definition) is 1. The van der Waals surface area contributed by atoms with Gasteiger partial charge in [-0.2, -0.15) is 5.10 Å². The van der Waals surface area contributed by atoms with E-state index in [0.717, 1.165) is 31.6 Å². The van der Waals surface area contributed by atoms with Gasteiger partial charge in [0.1, 0.15) is 12.2 Å². The van der Waals surface area contributed by atoms with E-state index in [1.807, 2.05) is 11.7 Å². The lowest BCUT2D eigenvalue weighted by molar-refractivity contribution is 0.494. The number of aromatic nitrogens is 3. The molecule has 4 heteroatoms. The second kappa shape index (κ2) is 5.75. The summed E-state index contributed by atoms with van der Waals surface area (Å²) in [5.41, 5.74) is 0. The van der Waals surface area contributed by atoms with Gasteiger partial charge in [-0.1, -0.05) is 13.8 Å². The first-order chi connectivity index (χ1) is 6.81. The van der Waals surface area contributed by atoms with Gasteiger partial charge in [0.15, 0.2) is 0 Å². The van der Waals surface area contributed by atoms with E-state index < -0.39 is 0 Å². The summed E-state index contributed by atoms with van der Waals surface area (Å²) >= 11 is 0. The second-order valence-corrected chi connectivity index (χ2v) is 3.50. The van der Waals surface area contributed by atoms with Crippen LogP contribution < -0.4 is 5.32 Å². The van der Waals surface area contributed by atoms with Crippen molar-refractivity contribution in [3.63, 3.8) is 0 Å². The molecule has 0 spiro atoms. The molecule has 0 bridgehead atoms. The van der Waals surface area contributed by atoms with Crippen molar-refractivity contribution >= 4 is 0 Å². The molecule has 0 aliphatic heterocycles. The third-order valence-corrected chi connectivity index (χ3v) is 2.46. The molecule has 0 aromatic carbocycles. The van der Waals surface area contributed by atoms with Gasteiger partial charge in [-0.15, -0.1) is 0 Å². The van der Waals surface area contributed by atoms with Gasteiger partial charge in [0, 0.05) is 19.0 Å². The molecular formula is C10H20N4. The minimum atomic E-state index is 0.509. The Kier molecular flexibility index (Phi) is 4.59. The van der Waals surface area contributed by atoms with Crippen molar-refractivity contribution in [1.82, 2.24) is 20.1 Å². The van der Waals surface area contributed by atoms with E-state index in [1.165, 1.54) is 0 Å². The van der Waals surface area contributed by atoms with Gasteiger partial charge in [-0.25, -0.2) is 4.98 Å². The van der Waals surface area contributed by atoms with Crippen LogP contribution in [0.4, 0.5) is 0 Å². The van der Waals surface area contributed by atoms with Crippen LogP contribution in [0.3, 0.4) is 0 Å². The number of aryl methyl sites for hydroxylation is 1. The largest absolute Gasteiger partial charge is 0.317 e. The molecule has 1 heterocycles. The highest BCUT2D eigenvalue weighted by Gasteiger charge is 2.09. The van der Waals surface area contributed by atoms with Gasteiger partial charge < -0.3 is 5.32 Å². The minimum absolute atomic E-state index is 0.509. The van der Waals surface area contributed by atoms with Crippen LogP contribution in [0.2, 0.25) is 0 Å². The summed E-state index contributed by atoms with van der Waals surface area (Å²) in [7, 11) is 1.99. The quantitative estimate of drug-likeness (QED) is 0.744. The summed E-state index contributed by atoms with van der Waals surface area (Å²) in [4.78, 5) is 4.28. The number of nitrogens with zero attached hydrogens (tertiary/aromatic N) is 3. The summed E-state index contributed by atoms with van der Waals surface area (Å²) in [6.07, 6.45) is 4.84. The highest BCUT2D eigenvalue weighted by atomic mass is 15.3. The number of rotatable bonds is 6. The normalized spacial score (nSPS) is 13.1. The molecule has 0 saturated carbocycles. The summed E-state index contributed by atoms with van der Waals surface area (Å²) in [6.45, 7) is 5.30. The first-order valence-electron chi connectivity index (χ1n) is 5.35. The molecule has 1 aromatic heterocycles. The zero-order valence-electron chi connectivity index (χ0n) is 9.32. The molecule has 1 aromatic rings. The van der Waals surface area contributed by atoms with Crippen LogP contribution in [-0.2, 0) is 13.0 Å². The minimum Gasteiger partial charge on any atom is -0.317 e. The van der Waals surface area contributed by atoms with Crippen molar-refractivity contribution in [2.45, 2.75) is 45.7 Å². The third-order valence-electron chi connectivity index (χ3n) is 2.46. The molecule has 4 nitrogen and oxygen atoms in total. The fourth-order valence-electron chi connectivity index (χ4n) is 1.52. The first kappa shape index (κ1) is 11.2. The Bertz CT molecular complexity index is 252. The Labute approximate surface area is 85.7 Å². The van der Waals surface area contributed by atoms with E-state index in [-0.39, 0.29) is 0 Å². The Hall–Kier alpha value is -0.900. The van der Waals surface area contributed by atoms with E-state index >= 15 is 0 Å². The summed E-state index contributed by atoms with van der Waals surface area (Å²) in [6, 6.07) is 0.509. The Morgan fingerprint density at radius 2 is 2.29 bits per heavy atom. The monoisotopic (exact) mass is 196 g/mol. The molecule has 0 radical (unpaired) electrons. The molecule has 0 aliphatic rings. The molecule has 0 aliphatic carbocycles. The lowest BCUT2D eigenvalue weighted by Crippen LogP contribution is -2.28. The molecule has 1 rings (SSSR count). The molecule has 1 N–H and O–H groups in total. The van der Waals surface area contributed by atoms with Crippen LogP contribution in [0.1, 0.15) is 32.5 Å². The van der Waals surface area contributed by atoms with Crippen molar-refractivity contribution in [2.75, 3.05) is 7.05 Å². The first-order valence-corrected chi connectivity index (χ1v) is 5.35.